The Morgan fingerprint density at radius 1 is 1.28 bits per heavy atom. The van der Waals surface area contributed by atoms with Crippen molar-refractivity contribution in [3.05, 3.63) is 46.8 Å². The molecular weight excluding hydrogens is 311 g/mol. The van der Waals surface area contributed by atoms with Gasteiger partial charge in [-0.1, -0.05) is 43.6 Å². The van der Waals surface area contributed by atoms with Gasteiger partial charge in [-0.3, -0.25) is 0 Å². The van der Waals surface area contributed by atoms with Gasteiger partial charge < -0.3 is 4.74 Å². The number of allylic oxidation sites excluding steroid dienone is 3. The average molecular weight is 342 g/mol. The molecule has 3 rings (SSSR count). The Morgan fingerprint density at radius 2 is 2.08 bits per heavy atom. The molecule has 2 heteroatoms. The van der Waals surface area contributed by atoms with Crippen LogP contribution in [0, 0.1) is 11.7 Å². The van der Waals surface area contributed by atoms with Crippen molar-refractivity contribution in [2.24, 2.45) is 5.92 Å². The first-order valence-electron chi connectivity index (χ1n) is 9.77. The largest absolute Gasteiger partial charge is 0.487 e. The van der Waals surface area contributed by atoms with E-state index in [0.717, 1.165) is 36.1 Å². The Morgan fingerprint density at radius 3 is 2.84 bits per heavy atom. The van der Waals surface area contributed by atoms with E-state index in [1.807, 2.05) is 12.1 Å². The fraction of sp³-hybridized carbons (Fsp3) is 0.565. The number of unbranched alkanes of at least 4 members (excludes halogenated alkanes) is 3. The number of hydrogen-bond donors (Lipinski definition) is 0. The van der Waals surface area contributed by atoms with Crippen molar-refractivity contribution in [3.63, 3.8) is 0 Å². The van der Waals surface area contributed by atoms with Crippen LogP contribution in [0.1, 0.15) is 83.3 Å². The summed E-state index contributed by atoms with van der Waals surface area (Å²) < 4.78 is 21.3. The molecule has 0 unspecified atom stereocenters. The first kappa shape index (κ1) is 18.2. The second-order valence-corrected chi connectivity index (χ2v) is 8.22. The molecule has 2 aliphatic rings. The maximum atomic E-state index is 15.0. The quantitative estimate of drug-likeness (QED) is 0.412. The third-order valence-corrected chi connectivity index (χ3v) is 5.78. The second-order valence-electron chi connectivity index (χ2n) is 8.22. The Balaban J connectivity index is 1.89. The highest BCUT2D eigenvalue weighted by molar-refractivity contribution is 5.56. The Bertz CT molecular complexity index is 684. The molecule has 0 amide bonds. The van der Waals surface area contributed by atoms with Gasteiger partial charge in [-0.15, -0.1) is 0 Å². The minimum atomic E-state index is -0.259. The summed E-state index contributed by atoms with van der Waals surface area (Å²) in [5.74, 6) is 1.21. The van der Waals surface area contributed by atoms with Crippen molar-refractivity contribution in [2.75, 3.05) is 0 Å². The third kappa shape index (κ3) is 3.83. The zero-order chi connectivity index (χ0) is 18.0. The van der Waals surface area contributed by atoms with E-state index >= 15 is 0 Å². The molecule has 136 valence electrons. The predicted octanol–water partition coefficient (Wildman–Crippen LogP) is 7.03. The van der Waals surface area contributed by atoms with Crippen LogP contribution < -0.4 is 4.74 Å². The predicted molar refractivity (Wildman–Crippen MR) is 104 cm³/mol. The summed E-state index contributed by atoms with van der Waals surface area (Å²) in [5, 5.41) is 0. The van der Waals surface area contributed by atoms with Crippen LogP contribution in [-0.2, 0) is 0 Å². The van der Waals surface area contributed by atoms with Crippen LogP contribution in [0.15, 0.2) is 29.9 Å². The maximum Gasteiger partial charge on any atom is 0.131 e. The molecule has 1 aliphatic carbocycles. The molecule has 1 nitrogen and oxygen atoms in total. The number of ether oxygens (including phenoxy) is 1. The van der Waals surface area contributed by atoms with Crippen LogP contribution in [-0.4, -0.2) is 5.60 Å². The summed E-state index contributed by atoms with van der Waals surface area (Å²) in [6.45, 7) is 8.65. The number of halogens is 1. The van der Waals surface area contributed by atoms with Crippen molar-refractivity contribution in [1.82, 2.24) is 0 Å². The molecule has 2 atom stereocenters. The van der Waals surface area contributed by atoms with E-state index in [4.69, 9.17) is 4.74 Å². The lowest BCUT2D eigenvalue weighted by Gasteiger charge is -2.47. The molecule has 0 aromatic heterocycles. The first-order chi connectivity index (χ1) is 11.9. The molecule has 0 saturated heterocycles. The summed E-state index contributed by atoms with van der Waals surface area (Å²) in [6.07, 6.45) is 13.1. The van der Waals surface area contributed by atoms with E-state index in [1.165, 1.54) is 24.8 Å². The van der Waals surface area contributed by atoms with Crippen molar-refractivity contribution in [2.45, 2.75) is 77.7 Å². The van der Waals surface area contributed by atoms with E-state index in [-0.39, 0.29) is 17.3 Å². The lowest BCUT2D eigenvalue weighted by atomic mass is 9.67. The van der Waals surface area contributed by atoms with Gasteiger partial charge in [-0.25, -0.2) is 4.39 Å². The van der Waals surface area contributed by atoms with Crippen LogP contribution in [0.3, 0.4) is 0 Å². The molecule has 0 saturated carbocycles. The first-order valence-corrected chi connectivity index (χ1v) is 9.77. The van der Waals surface area contributed by atoms with Gasteiger partial charge in [-0.05, 0) is 64.2 Å². The maximum absolute atomic E-state index is 15.0. The van der Waals surface area contributed by atoms with Crippen LogP contribution >= 0.6 is 0 Å². The molecule has 1 aromatic carbocycles. The van der Waals surface area contributed by atoms with Crippen molar-refractivity contribution >= 4 is 6.08 Å². The topological polar surface area (TPSA) is 9.23 Å². The zero-order valence-corrected chi connectivity index (χ0v) is 16.1. The van der Waals surface area contributed by atoms with Gasteiger partial charge in [0, 0.05) is 17.4 Å². The van der Waals surface area contributed by atoms with Crippen molar-refractivity contribution < 1.29 is 9.13 Å². The Kier molecular flexibility index (Phi) is 5.36. The number of rotatable bonds is 5. The van der Waals surface area contributed by atoms with Gasteiger partial charge in [0.2, 0.25) is 0 Å². The van der Waals surface area contributed by atoms with E-state index < -0.39 is 0 Å². The van der Waals surface area contributed by atoms with E-state index in [2.05, 4.69) is 39.8 Å². The highest BCUT2D eigenvalue weighted by atomic mass is 19.1. The highest BCUT2D eigenvalue weighted by Crippen LogP contribution is 2.52. The number of benzene rings is 1. The molecule has 1 heterocycles. The van der Waals surface area contributed by atoms with Crippen LogP contribution in [0.4, 0.5) is 4.39 Å². The monoisotopic (exact) mass is 342 g/mol. The molecule has 0 radical (unpaired) electrons. The molecule has 1 aromatic rings. The summed E-state index contributed by atoms with van der Waals surface area (Å²) in [6, 6.07) is 3.71. The minimum absolute atomic E-state index is 0.106. The fourth-order valence-corrected chi connectivity index (χ4v) is 4.38. The summed E-state index contributed by atoms with van der Waals surface area (Å²) in [5.41, 5.74) is 2.80. The fourth-order valence-electron chi connectivity index (χ4n) is 4.38. The van der Waals surface area contributed by atoms with Crippen molar-refractivity contribution in [1.29, 1.82) is 0 Å². The summed E-state index contributed by atoms with van der Waals surface area (Å²) in [7, 11) is 0. The SMILES string of the molecule is CCCCC/C=C\c1cc(F)c2c(c1)OC(C)(C)[C@@H]1CC=C(C)C[C@@H]21. The number of fused-ring (bicyclic) bond motifs is 3. The Labute approximate surface area is 152 Å². The molecule has 25 heavy (non-hydrogen) atoms. The van der Waals surface area contributed by atoms with Gasteiger partial charge in [0.1, 0.15) is 17.2 Å². The average Bonchev–Trinajstić information content (AvgIpc) is 2.53. The third-order valence-electron chi connectivity index (χ3n) is 5.78. The van der Waals surface area contributed by atoms with E-state index in [1.54, 1.807) is 6.07 Å². The van der Waals surface area contributed by atoms with Crippen LogP contribution in [0.25, 0.3) is 6.08 Å². The van der Waals surface area contributed by atoms with E-state index in [9.17, 15) is 4.39 Å². The van der Waals surface area contributed by atoms with Gasteiger partial charge in [0.25, 0.3) is 0 Å². The molecule has 0 fully saturated rings. The van der Waals surface area contributed by atoms with Crippen molar-refractivity contribution in [3.8, 4) is 5.75 Å². The van der Waals surface area contributed by atoms with E-state index in [0.29, 0.717) is 5.92 Å². The molecule has 0 N–H and O–H groups in total. The number of hydrogen-bond acceptors (Lipinski definition) is 1. The standard InChI is InChI=1S/C23H31FO/c1-5-6-7-8-9-10-17-14-20(24)22-18-13-16(2)11-12-19(18)23(3,4)25-21(22)15-17/h9-11,14-15,18-19H,5-8,12-13H2,1-4H3/b10-9-/t18-,19-/m1/s1. The molecule has 0 bridgehead atoms. The van der Waals surface area contributed by atoms with Gasteiger partial charge >= 0.3 is 0 Å². The lowest BCUT2D eigenvalue weighted by molar-refractivity contribution is 0.00700. The molecule has 1 aliphatic heterocycles. The highest BCUT2D eigenvalue weighted by Gasteiger charge is 2.45. The molecular formula is C23H31FO. The minimum Gasteiger partial charge on any atom is -0.487 e. The normalized spacial score (nSPS) is 24.4. The molecule has 0 spiro atoms. The van der Waals surface area contributed by atoms with Gasteiger partial charge in [0.15, 0.2) is 0 Å². The second kappa shape index (κ2) is 7.35. The lowest BCUT2D eigenvalue weighted by Crippen LogP contribution is -2.45. The zero-order valence-electron chi connectivity index (χ0n) is 16.1. The summed E-state index contributed by atoms with van der Waals surface area (Å²) in [4.78, 5) is 0. The van der Waals surface area contributed by atoms with Crippen LogP contribution in [0.5, 0.6) is 5.75 Å². The van der Waals surface area contributed by atoms with Gasteiger partial charge in [-0.2, -0.15) is 0 Å². The Hall–Kier alpha value is -1.57. The van der Waals surface area contributed by atoms with Gasteiger partial charge in [0.05, 0.1) is 0 Å². The summed E-state index contributed by atoms with van der Waals surface area (Å²) >= 11 is 0. The van der Waals surface area contributed by atoms with Crippen LogP contribution in [0.2, 0.25) is 0 Å². The smallest absolute Gasteiger partial charge is 0.131 e.